The Morgan fingerprint density at radius 2 is 2.05 bits per heavy atom. The third-order valence-electron chi connectivity index (χ3n) is 3.82. The molecule has 3 N–H and O–H groups in total. The van der Waals surface area contributed by atoms with Crippen LogP contribution in [0.4, 0.5) is 5.82 Å². The molecule has 2 rings (SSSR count). The molecule has 1 aliphatic heterocycles. The standard InChI is InChI=1S/C13H25N5O/c1-11-12(10-14)13(16(2)15-11)18-5-3-4-17(6-7-18)8-9-19/h19H,3-10,14H2,1-2H3. The van der Waals surface area contributed by atoms with Crippen LogP contribution >= 0.6 is 0 Å². The Morgan fingerprint density at radius 1 is 1.26 bits per heavy atom. The zero-order chi connectivity index (χ0) is 13.8. The second-order valence-electron chi connectivity index (χ2n) is 5.12. The smallest absolute Gasteiger partial charge is 0.131 e. The van der Waals surface area contributed by atoms with E-state index in [4.69, 9.17) is 10.8 Å². The van der Waals surface area contributed by atoms with Crippen molar-refractivity contribution in [1.82, 2.24) is 14.7 Å². The van der Waals surface area contributed by atoms with Crippen LogP contribution in [0.25, 0.3) is 0 Å². The summed E-state index contributed by atoms with van der Waals surface area (Å²) in [6, 6.07) is 0. The Balaban J connectivity index is 2.14. The molecule has 1 aromatic heterocycles. The normalized spacial score (nSPS) is 17.8. The summed E-state index contributed by atoms with van der Waals surface area (Å²) in [6.07, 6.45) is 1.11. The highest BCUT2D eigenvalue weighted by molar-refractivity contribution is 5.50. The van der Waals surface area contributed by atoms with Crippen LogP contribution in [0.15, 0.2) is 0 Å². The van der Waals surface area contributed by atoms with Gasteiger partial charge in [0, 0.05) is 45.3 Å². The first kappa shape index (κ1) is 14.3. The number of rotatable bonds is 4. The van der Waals surface area contributed by atoms with Gasteiger partial charge in [0.15, 0.2) is 0 Å². The van der Waals surface area contributed by atoms with Gasteiger partial charge in [-0.2, -0.15) is 5.10 Å². The molecule has 1 aliphatic rings. The van der Waals surface area contributed by atoms with Crippen molar-refractivity contribution < 1.29 is 5.11 Å². The summed E-state index contributed by atoms with van der Waals surface area (Å²) in [7, 11) is 1.98. The summed E-state index contributed by atoms with van der Waals surface area (Å²) in [5, 5.41) is 13.5. The van der Waals surface area contributed by atoms with Crippen molar-refractivity contribution >= 4 is 5.82 Å². The second-order valence-corrected chi connectivity index (χ2v) is 5.12. The summed E-state index contributed by atoms with van der Waals surface area (Å²) in [5.41, 5.74) is 8.04. The highest BCUT2D eigenvalue weighted by Crippen LogP contribution is 2.23. The maximum Gasteiger partial charge on any atom is 0.131 e. The maximum absolute atomic E-state index is 9.04. The average Bonchev–Trinajstić information content (AvgIpc) is 2.55. The average molecular weight is 267 g/mol. The van der Waals surface area contributed by atoms with Crippen molar-refractivity contribution in [2.75, 3.05) is 44.2 Å². The van der Waals surface area contributed by atoms with Crippen LogP contribution in [0.1, 0.15) is 17.7 Å². The predicted molar refractivity (Wildman–Crippen MR) is 76.2 cm³/mol. The number of hydrogen-bond donors (Lipinski definition) is 2. The van der Waals surface area contributed by atoms with Crippen molar-refractivity contribution in [3.63, 3.8) is 0 Å². The third kappa shape index (κ3) is 3.08. The molecule has 0 spiro atoms. The van der Waals surface area contributed by atoms with E-state index in [-0.39, 0.29) is 6.61 Å². The van der Waals surface area contributed by atoms with Gasteiger partial charge in [-0.3, -0.25) is 9.58 Å². The molecule has 0 aromatic carbocycles. The van der Waals surface area contributed by atoms with Crippen LogP contribution in [-0.4, -0.2) is 59.1 Å². The molecule has 1 fully saturated rings. The number of nitrogens with two attached hydrogens (primary N) is 1. The van der Waals surface area contributed by atoms with Crippen molar-refractivity contribution in [2.45, 2.75) is 19.9 Å². The number of hydrogen-bond acceptors (Lipinski definition) is 5. The fourth-order valence-electron chi connectivity index (χ4n) is 2.87. The van der Waals surface area contributed by atoms with E-state index in [2.05, 4.69) is 14.9 Å². The summed E-state index contributed by atoms with van der Waals surface area (Å²) >= 11 is 0. The summed E-state index contributed by atoms with van der Waals surface area (Å²) in [4.78, 5) is 4.69. The monoisotopic (exact) mass is 267 g/mol. The lowest BCUT2D eigenvalue weighted by molar-refractivity contribution is 0.204. The first-order valence-electron chi connectivity index (χ1n) is 6.98. The van der Waals surface area contributed by atoms with Crippen molar-refractivity contribution in [3.05, 3.63) is 11.3 Å². The van der Waals surface area contributed by atoms with E-state index < -0.39 is 0 Å². The molecule has 2 heterocycles. The van der Waals surface area contributed by atoms with E-state index in [0.717, 1.165) is 56.2 Å². The Labute approximate surface area is 114 Å². The molecular weight excluding hydrogens is 242 g/mol. The van der Waals surface area contributed by atoms with E-state index >= 15 is 0 Å². The molecule has 0 radical (unpaired) electrons. The number of β-amino-alcohol motifs (C(OH)–C–C–N with tert-alkyl or cyclic N) is 1. The maximum atomic E-state index is 9.04. The van der Waals surface area contributed by atoms with Gasteiger partial charge in [0.1, 0.15) is 5.82 Å². The van der Waals surface area contributed by atoms with Crippen LogP contribution in [0.3, 0.4) is 0 Å². The number of aliphatic hydroxyl groups excluding tert-OH is 1. The van der Waals surface area contributed by atoms with Crippen LogP contribution in [0, 0.1) is 6.92 Å². The lowest BCUT2D eigenvalue weighted by Gasteiger charge is -2.24. The molecule has 0 saturated carbocycles. The van der Waals surface area contributed by atoms with Crippen molar-refractivity contribution in [1.29, 1.82) is 0 Å². The highest BCUT2D eigenvalue weighted by atomic mass is 16.3. The van der Waals surface area contributed by atoms with Crippen LogP contribution < -0.4 is 10.6 Å². The van der Waals surface area contributed by atoms with E-state index in [9.17, 15) is 0 Å². The Bertz CT molecular complexity index is 417. The van der Waals surface area contributed by atoms with Gasteiger partial charge in [0.05, 0.1) is 12.3 Å². The second kappa shape index (κ2) is 6.36. The fraction of sp³-hybridized carbons (Fsp3) is 0.769. The van der Waals surface area contributed by atoms with Crippen LogP contribution in [0.2, 0.25) is 0 Å². The molecule has 0 atom stereocenters. The van der Waals surface area contributed by atoms with Gasteiger partial charge in [-0.25, -0.2) is 0 Å². The van der Waals surface area contributed by atoms with Gasteiger partial charge in [-0.05, 0) is 19.9 Å². The number of aliphatic hydroxyl groups is 1. The van der Waals surface area contributed by atoms with Crippen LogP contribution in [-0.2, 0) is 13.6 Å². The molecule has 1 saturated heterocycles. The van der Waals surface area contributed by atoms with E-state index in [1.807, 2.05) is 18.7 Å². The first-order valence-corrected chi connectivity index (χ1v) is 6.98. The van der Waals surface area contributed by atoms with E-state index in [1.165, 1.54) is 0 Å². The van der Waals surface area contributed by atoms with Gasteiger partial charge in [-0.1, -0.05) is 0 Å². The Morgan fingerprint density at radius 3 is 2.74 bits per heavy atom. The zero-order valence-corrected chi connectivity index (χ0v) is 12.0. The fourth-order valence-corrected chi connectivity index (χ4v) is 2.87. The van der Waals surface area contributed by atoms with Crippen molar-refractivity contribution in [2.24, 2.45) is 12.8 Å². The molecule has 6 nitrogen and oxygen atoms in total. The predicted octanol–water partition coefficient (Wildman–Crippen LogP) is -0.308. The summed E-state index contributed by atoms with van der Waals surface area (Å²) in [6.45, 7) is 7.56. The highest BCUT2D eigenvalue weighted by Gasteiger charge is 2.21. The molecule has 0 unspecified atom stereocenters. The topological polar surface area (TPSA) is 70.5 Å². The largest absolute Gasteiger partial charge is 0.395 e. The number of aromatic nitrogens is 2. The third-order valence-corrected chi connectivity index (χ3v) is 3.82. The van der Waals surface area contributed by atoms with Gasteiger partial charge in [0.25, 0.3) is 0 Å². The molecule has 6 heteroatoms. The van der Waals surface area contributed by atoms with Crippen LogP contribution in [0.5, 0.6) is 0 Å². The molecule has 0 aliphatic carbocycles. The molecule has 0 bridgehead atoms. The molecule has 0 amide bonds. The van der Waals surface area contributed by atoms with Gasteiger partial charge < -0.3 is 15.7 Å². The SMILES string of the molecule is Cc1nn(C)c(N2CCCN(CCO)CC2)c1CN. The van der Waals surface area contributed by atoms with Gasteiger partial charge >= 0.3 is 0 Å². The Hall–Kier alpha value is -1.11. The zero-order valence-electron chi connectivity index (χ0n) is 12.0. The quantitative estimate of drug-likeness (QED) is 0.783. The van der Waals surface area contributed by atoms with E-state index in [0.29, 0.717) is 6.54 Å². The lowest BCUT2D eigenvalue weighted by Crippen LogP contribution is -2.33. The number of anilines is 1. The van der Waals surface area contributed by atoms with Gasteiger partial charge in [-0.15, -0.1) is 0 Å². The molecule has 1 aromatic rings. The van der Waals surface area contributed by atoms with Crippen molar-refractivity contribution in [3.8, 4) is 0 Å². The number of nitrogens with zero attached hydrogens (tertiary/aromatic N) is 4. The first-order chi connectivity index (χ1) is 9.17. The molecule has 108 valence electrons. The molecule has 19 heavy (non-hydrogen) atoms. The van der Waals surface area contributed by atoms with E-state index in [1.54, 1.807) is 0 Å². The Kier molecular flexibility index (Phi) is 4.79. The summed E-state index contributed by atoms with van der Waals surface area (Å²) in [5.74, 6) is 1.16. The number of aryl methyl sites for hydroxylation is 2. The molecular formula is C13H25N5O. The minimum Gasteiger partial charge on any atom is -0.395 e. The summed E-state index contributed by atoms with van der Waals surface area (Å²) < 4.78 is 1.94. The minimum atomic E-state index is 0.235. The lowest BCUT2D eigenvalue weighted by atomic mass is 10.2. The minimum absolute atomic E-state index is 0.235. The van der Waals surface area contributed by atoms with Gasteiger partial charge in [0.2, 0.25) is 0 Å².